The Hall–Kier alpha value is -0.370. The van der Waals surface area contributed by atoms with Gasteiger partial charge < -0.3 is 9.69 Å². The topological polar surface area (TPSA) is 20.3 Å². The van der Waals surface area contributed by atoms with E-state index in [1.807, 2.05) is 0 Å². The van der Waals surface area contributed by atoms with E-state index in [1.165, 1.54) is 51.5 Å². The Kier molecular flexibility index (Phi) is 3.92. The SMILES string of the molecule is CCC1(CC)CCN(CC2(C=O)CCCC2)C1. The molecule has 2 aliphatic rings. The molecule has 1 saturated carbocycles. The summed E-state index contributed by atoms with van der Waals surface area (Å²) in [7, 11) is 0. The molecule has 1 aliphatic carbocycles. The highest BCUT2D eigenvalue weighted by atomic mass is 16.1. The van der Waals surface area contributed by atoms with Gasteiger partial charge in [-0.2, -0.15) is 0 Å². The first-order valence-electron chi connectivity index (χ1n) is 7.36. The van der Waals surface area contributed by atoms with Gasteiger partial charge in [-0.1, -0.05) is 26.7 Å². The summed E-state index contributed by atoms with van der Waals surface area (Å²) in [6.45, 7) is 8.08. The second-order valence-corrected chi connectivity index (χ2v) is 6.36. The van der Waals surface area contributed by atoms with Gasteiger partial charge in [-0.15, -0.1) is 0 Å². The predicted octanol–water partition coefficient (Wildman–Crippen LogP) is 3.26. The highest BCUT2D eigenvalue weighted by molar-refractivity contribution is 5.60. The minimum absolute atomic E-state index is 0.0115. The largest absolute Gasteiger partial charge is 0.303 e. The van der Waals surface area contributed by atoms with Crippen LogP contribution in [0.15, 0.2) is 0 Å². The third kappa shape index (κ3) is 2.57. The van der Waals surface area contributed by atoms with Crippen LogP contribution < -0.4 is 0 Å². The molecule has 1 aliphatic heterocycles. The Morgan fingerprint density at radius 3 is 2.24 bits per heavy atom. The number of hydrogen-bond acceptors (Lipinski definition) is 2. The van der Waals surface area contributed by atoms with Crippen LogP contribution in [-0.2, 0) is 4.79 Å². The Bertz CT molecular complexity index is 264. The number of carbonyl (C=O) groups excluding carboxylic acids is 1. The maximum Gasteiger partial charge on any atom is 0.127 e. The van der Waals surface area contributed by atoms with E-state index in [-0.39, 0.29) is 5.41 Å². The van der Waals surface area contributed by atoms with E-state index in [9.17, 15) is 4.79 Å². The van der Waals surface area contributed by atoms with Crippen LogP contribution in [0.2, 0.25) is 0 Å². The normalized spacial score (nSPS) is 27.4. The molecule has 0 amide bonds. The van der Waals surface area contributed by atoms with Gasteiger partial charge in [0, 0.05) is 18.5 Å². The molecule has 0 unspecified atom stereocenters. The Balaban J connectivity index is 1.95. The third-order valence-electron chi connectivity index (χ3n) is 5.41. The van der Waals surface area contributed by atoms with E-state index in [4.69, 9.17) is 0 Å². The van der Waals surface area contributed by atoms with Crippen molar-refractivity contribution in [2.75, 3.05) is 19.6 Å². The molecule has 0 aromatic rings. The average Bonchev–Trinajstić information content (AvgIpc) is 2.98. The monoisotopic (exact) mass is 237 g/mol. The van der Waals surface area contributed by atoms with Gasteiger partial charge in [0.2, 0.25) is 0 Å². The lowest BCUT2D eigenvalue weighted by Crippen LogP contribution is -2.37. The molecule has 0 spiro atoms. The van der Waals surface area contributed by atoms with Crippen molar-refractivity contribution in [1.29, 1.82) is 0 Å². The number of aldehydes is 1. The van der Waals surface area contributed by atoms with Gasteiger partial charge in [0.15, 0.2) is 0 Å². The molecule has 2 rings (SSSR count). The van der Waals surface area contributed by atoms with Crippen LogP contribution in [0.3, 0.4) is 0 Å². The van der Waals surface area contributed by atoms with E-state index in [0.29, 0.717) is 5.41 Å². The van der Waals surface area contributed by atoms with Gasteiger partial charge >= 0.3 is 0 Å². The van der Waals surface area contributed by atoms with Crippen molar-refractivity contribution in [3.05, 3.63) is 0 Å². The zero-order valence-corrected chi connectivity index (χ0v) is 11.5. The molecule has 0 aromatic heterocycles. The van der Waals surface area contributed by atoms with E-state index in [0.717, 1.165) is 19.4 Å². The van der Waals surface area contributed by atoms with Crippen molar-refractivity contribution in [3.8, 4) is 0 Å². The second-order valence-electron chi connectivity index (χ2n) is 6.36. The third-order valence-corrected chi connectivity index (χ3v) is 5.41. The highest BCUT2D eigenvalue weighted by Gasteiger charge is 2.40. The van der Waals surface area contributed by atoms with E-state index < -0.39 is 0 Å². The fourth-order valence-corrected chi connectivity index (χ4v) is 3.83. The minimum atomic E-state index is 0.0115. The van der Waals surface area contributed by atoms with Gasteiger partial charge in [0.1, 0.15) is 6.29 Å². The van der Waals surface area contributed by atoms with Crippen LogP contribution in [0.25, 0.3) is 0 Å². The molecular formula is C15H27NO. The Morgan fingerprint density at radius 1 is 1.12 bits per heavy atom. The standard InChI is InChI=1S/C15H27NO/c1-3-14(4-2)9-10-16(11-14)12-15(13-17)7-5-6-8-15/h13H,3-12H2,1-2H3. The van der Waals surface area contributed by atoms with E-state index in [2.05, 4.69) is 18.7 Å². The van der Waals surface area contributed by atoms with Crippen LogP contribution in [-0.4, -0.2) is 30.8 Å². The molecule has 0 bridgehead atoms. The number of hydrogen-bond donors (Lipinski definition) is 0. The van der Waals surface area contributed by atoms with Crippen molar-refractivity contribution < 1.29 is 4.79 Å². The lowest BCUT2D eigenvalue weighted by atomic mass is 9.81. The van der Waals surface area contributed by atoms with Gasteiger partial charge in [0.05, 0.1) is 0 Å². The summed E-state index contributed by atoms with van der Waals surface area (Å²) in [4.78, 5) is 14.0. The summed E-state index contributed by atoms with van der Waals surface area (Å²) in [5, 5.41) is 0. The summed E-state index contributed by atoms with van der Waals surface area (Å²) < 4.78 is 0. The zero-order valence-electron chi connectivity index (χ0n) is 11.5. The quantitative estimate of drug-likeness (QED) is 0.684. The van der Waals surface area contributed by atoms with Crippen LogP contribution >= 0.6 is 0 Å². The van der Waals surface area contributed by atoms with Crippen LogP contribution in [0, 0.1) is 10.8 Å². The summed E-state index contributed by atoms with van der Waals surface area (Å²) in [6.07, 6.45) is 9.91. The first kappa shape index (κ1) is 13.1. The van der Waals surface area contributed by atoms with Crippen molar-refractivity contribution in [3.63, 3.8) is 0 Å². The Morgan fingerprint density at radius 2 is 1.76 bits per heavy atom. The zero-order chi connectivity index (χ0) is 12.4. The van der Waals surface area contributed by atoms with E-state index >= 15 is 0 Å². The lowest BCUT2D eigenvalue weighted by Gasteiger charge is -2.31. The molecule has 2 heteroatoms. The molecule has 0 aromatic carbocycles. The molecule has 2 fully saturated rings. The maximum atomic E-state index is 11.4. The van der Waals surface area contributed by atoms with Gasteiger partial charge in [0.25, 0.3) is 0 Å². The number of likely N-dealkylation sites (tertiary alicyclic amines) is 1. The number of rotatable bonds is 5. The first-order valence-corrected chi connectivity index (χ1v) is 7.36. The molecule has 0 N–H and O–H groups in total. The average molecular weight is 237 g/mol. The van der Waals surface area contributed by atoms with Gasteiger partial charge in [-0.05, 0) is 44.1 Å². The molecule has 17 heavy (non-hydrogen) atoms. The van der Waals surface area contributed by atoms with Crippen LogP contribution in [0.1, 0.15) is 58.8 Å². The number of carbonyl (C=O) groups is 1. The van der Waals surface area contributed by atoms with Crippen molar-refractivity contribution in [2.24, 2.45) is 10.8 Å². The van der Waals surface area contributed by atoms with Gasteiger partial charge in [-0.25, -0.2) is 0 Å². The van der Waals surface area contributed by atoms with Crippen LogP contribution in [0.4, 0.5) is 0 Å². The summed E-state index contributed by atoms with van der Waals surface area (Å²) >= 11 is 0. The maximum absolute atomic E-state index is 11.4. The fraction of sp³-hybridized carbons (Fsp3) is 0.933. The fourth-order valence-electron chi connectivity index (χ4n) is 3.83. The lowest BCUT2D eigenvalue weighted by molar-refractivity contribution is -0.116. The molecule has 1 saturated heterocycles. The molecule has 2 nitrogen and oxygen atoms in total. The van der Waals surface area contributed by atoms with Crippen LogP contribution in [0.5, 0.6) is 0 Å². The van der Waals surface area contributed by atoms with Crippen molar-refractivity contribution in [2.45, 2.75) is 58.8 Å². The van der Waals surface area contributed by atoms with Crippen molar-refractivity contribution >= 4 is 6.29 Å². The van der Waals surface area contributed by atoms with Crippen molar-refractivity contribution in [1.82, 2.24) is 4.90 Å². The highest BCUT2D eigenvalue weighted by Crippen LogP contribution is 2.41. The molecular weight excluding hydrogens is 210 g/mol. The first-order chi connectivity index (χ1) is 8.17. The Labute approximate surface area is 106 Å². The minimum Gasteiger partial charge on any atom is -0.303 e. The molecule has 0 atom stereocenters. The molecule has 1 heterocycles. The summed E-state index contributed by atoms with van der Waals surface area (Å²) in [5.74, 6) is 0. The summed E-state index contributed by atoms with van der Waals surface area (Å²) in [6, 6.07) is 0. The molecule has 0 radical (unpaired) electrons. The second kappa shape index (κ2) is 5.09. The van der Waals surface area contributed by atoms with E-state index in [1.54, 1.807) is 0 Å². The molecule has 98 valence electrons. The van der Waals surface area contributed by atoms with Gasteiger partial charge in [-0.3, -0.25) is 0 Å². The number of nitrogens with zero attached hydrogens (tertiary/aromatic N) is 1. The predicted molar refractivity (Wildman–Crippen MR) is 71.0 cm³/mol. The smallest absolute Gasteiger partial charge is 0.127 e. The summed E-state index contributed by atoms with van der Waals surface area (Å²) in [5.41, 5.74) is 0.556.